The number of carbonyl (C=O) groups is 1. The molecule has 3 aromatic rings. The monoisotopic (exact) mass is 402 g/mol. The van der Waals surface area contributed by atoms with E-state index >= 15 is 0 Å². The van der Waals surface area contributed by atoms with Crippen molar-refractivity contribution in [3.8, 4) is 11.5 Å². The molecule has 0 saturated heterocycles. The number of anilines is 2. The minimum atomic E-state index is -0.505. The van der Waals surface area contributed by atoms with Crippen molar-refractivity contribution in [1.82, 2.24) is 4.98 Å². The number of benzene rings is 2. The van der Waals surface area contributed by atoms with Crippen LogP contribution >= 0.6 is 22.9 Å². The molecule has 9 heteroatoms. The van der Waals surface area contributed by atoms with E-state index in [1.807, 2.05) is 0 Å². The molecule has 1 aromatic heterocycles. The maximum absolute atomic E-state index is 12.2. The molecule has 0 spiro atoms. The van der Waals surface area contributed by atoms with Gasteiger partial charge < -0.3 is 15.2 Å². The number of nitrogens with one attached hydrogen (secondary N) is 1. The highest BCUT2D eigenvalue weighted by molar-refractivity contribution is 7.14. The Labute approximate surface area is 164 Å². The molecule has 0 atom stereocenters. The first-order valence-electron chi connectivity index (χ1n) is 7.71. The molecule has 7 nitrogen and oxygen atoms in total. The van der Waals surface area contributed by atoms with Gasteiger partial charge in [-0.3, -0.25) is 5.43 Å². The summed E-state index contributed by atoms with van der Waals surface area (Å²) in [5.74, 6) is 0.635. The van der Waals surface area contributed by atoms with Crippen LogP contribution in [0.2, 0.25) is 5.02 Å². The van der Waals surface area contributed by atoms with E-state index in [1.165, 1.54) is 18.4 Å². The van der Waals surface area contributed by atoms with E-state index in [4.69, 9.17) is 26.8 Å². The van der Waals surface area contributed by atoms with Crippen molar-refractivity contribution in [2.45, 2.75) is 0 Å². The number of carbonyl (C=O) groups excluding carboxylic acids is 1. The van der Waals surface area contributed by atoms with Crippen molar-refractivity contribution in [3.05, 3.63) is 64.0 Å². The molecule has 0 fully saturated rings. The van der Waals surface area contributed by atoms with Crippen molar-refractivity contribution in [2.75, 3.05) is 18.3 Å². The van der Waals surface area contributed by atoms with Crippen LogP contribution in [0, 0.1) is 0 Å². The number of hydrazone groups is 1. The SMILES string of the molecule is COc1cc(C=NNc2nc(N)cs2)ccc1OC(=O)c1ccc(Cl)cc1. The molecule has 138 valence electrons. The van der Waals surface area contributed by atoms with Crippen LogP contribution in [-0.2, 0) is 0 Å². The molecule has 1 heterocycles. The fraction of sp³-hybridized carbons (Fsp3) is 0.0556. The van der Waals surface area contributed by atoms with Gasteiger partial charge in [-0.1, -0.05) is 11.6 Å². The standard InChI is InChI=1S/C18H15ClN4O3S/c1-25-15-8-11(9-21-23-18-22-16(20)10-27-18)2-7-14(15)26-17(24)12-3-5-13(19)6-4-12/h2-10H,20H2,1H3,(H,22,23). The summed E-state index contributed by atoms with van der Waals surface area (Å²) in [5, 5.41) is 6.93. The number of rotatable bonds is 6. The summed E-state index contributed by atoms with van der Waals surface area (Å²) in [5.41, 5.74) is 9.47. The van der Waals surface area contributed by atoms with E-state index in [0.29, 0.717) is 33.0 Å². The second kappa shape index (κ2) is 8.52. The first-order chi connectivity index (χ1) is 13.0. The zero-order chi connectivity index (χ0) is 19.2. The second-order valence-corrected chi connectivity index (χ2v) is 6.55. The Bertz CT molecular complexity index is 973. The molecule has 0 radical (unpaired) electrons. The Balaban J connectivity index is 1.70. The van der Waals surface area contributed by atoms with Crippen molar-refractivity contribution >= 4 is 46.1 Å². The Morgan fingerprint density at radius 1 is 1.26 bits per heavy atom. The molecule has 27 heavy (non-hydrogen) atoms. The quantitative estimate of drug-likeness (QED) is 0.279. The number of methoxy groups -OCH3 is 1. The summed E-state index contributed by atoms with van der Waals surface area (Å²) in [7, 11) is 1.49. The third-order valence-electron chi connectivity index (χ3n) is 3.37. The molecule has 0 saturated carbocycles. The van der Waals surface area contributed by atoms with Crippen LogP contribution in [-0.4, -0.2) is 24.3 Å². The zero-order valence-corrected chi connectivity index (χ0v) is 15.8. The number of hydrogen-bond donors (Lipinski definition) is 2. The molecule has 0 unspecified atom stereocenters. The summed E-state index contributed by atoms with van der Waals surface area (Å²) in [6, 6.07) is 11.5. The fourth-order valence-electron chi connectivity index (χ4n) is 2.09. The average Bonchev–Trinajstić information content (AvgIpc) is 3.08. The van der Waals surface area contributed by atoms with Crippen LogP contribution < -0.4 is 20.6 Å². The molecular weight excluding hydrogens is 388 g/mol. The summed E-state index contributed by atoms with van der Waals surface area (Å²) < 4.78 is 10.7. The van der Waals surface area contributed by atoms with Gasteiger partial charge in [0.25, 0.3) is 0 Å². The predicted molar refractivity (Wildman–Crippen MR) is 107 cm³/mol. The minimum Gasteiger partial charge on any atom is -0.493 e. The first-order valence-corrected chi connectivity index (χ1v) is 8.97. The number of ether oxygens (including phenoxy) is 2. The molecule has 0 bridgehead atoms. The number of hydrogen-bond acceptors (Lipinski definition) is 8. The molecule has 0 aliphatic heterocycles. The fourth-order valence-corrected chi connectivity index (χ4v) is 2.77. The lowest BCUT2D eigenvalue weighted by molar-refractivity contribution is 0.0729. The van der Waals surface area contributed by atoms with Crippen LogP contribution in [0.3, 0.4) is 0 Å². The molecule has 3 rings (SSSR count). The third-order valence-corrected chi connectivity index (χ3v) is 4.38. The highest BCUT2D eigenvalue weighted by Gasteiger charge is 2.12. The van der Waals surface area contributed by atoms with Crippen LogP contribution in [0.15, 0.2) is 52.9 Å². The number of nitrogen functional groups attached to an aromatic ring is 1. The van der Waals surface area contributed by atoms with Crippen LogP contribution in [0.4, 0.5) is 10.9 Å². The third kappa shape index (κ3) is 4.96. The largest absolute Gasteiger partial charge is 0.493 e. The van der Waals surface area contributed by atoms with E-state index in [2.05, 4.69) is 15.5 Å². The lowest BCUT2D eigenvalue weighted by atomic mass is 10.2. The smallest absolute Gasteiger partial charge is 0.343 e. The molecule has 2 aromatic carbocycles. The van der Waals surface area contributed by atoms with Crippen LogP contribution in [0.1, 0.15) is 15.9 Å². The topological polar surface area (TPSA) is 98.8 Å². The number of halogens is 1. The Kier molecular flexibility index (Phi) is 5.90. The zero-order valence-electron chi connectivity index (χ0n) is 14.2. The Hall–Kier alpha value is -3.10. The molecule has 3 N–H and O–H groups in total. The van der Waals surface area contributed by atoms with Gasteiger partial charge in [0, 0.05) is 10.4 Å². The van der Waals surface area contributed by atoms with Gasteiger partial charge >= 0.3 is 5.97 Å². The van der Waals surface area contributed by atoms with E-state index < -0.39 is 5.97 Å². The van der Waals surface area contributed by atoms with Gasteiger partial charge in [0.1, 0.15) is 5.82 Å². The number of nitrogens with zero attached hydrogens (tertiary/aromatic N) is 2. The molecular formula is C18H15ClN4O3S. The maximum atomic E-state index is 12.2. The number of esters is 1. The van der Waals surface area contributed by atoms with E-state index in [-0.39, 0.29) is 0 Å². The minimum absolute atomic E-state index is 0.301. The Morgan fingerprint density at radius 2 is 2.04 bits per heavy atom. The average molecular weight is 403 g/mol. The van der Waals surface area contributed by atoms with Gasteiger partial charge in [-0.2, -0.15) is 5.10 Å². The molecule has 0 aliphatic carbocycles. The normalized spacial score (nSPS) is 10.7. The summed E-state index contributed by atoms with van der Waals surface area (Å²) in [6.45, 7) is 0. The van der Waals surface area contributed by atoms with Crippen LogP contribution in [0.5, 0.6) is 11.5 Å². The van der Waals surface area contributed by atoms with Gasteiger partial charge in [-0.15, -0.1) is 11.3 Å². The molecule has 0 aliphatic rings. The highest BCUT2D eigenvalue weighted by atomic mass is 35.5. The summed E-state index contributed by atoms with van der Waals surface area (Å²) in [4.78, 5) is 16.3. The van der Waals surface area contributed by atoms with Crippen molar-refractivity contribution in [2.24, 2.45) is 5.10 Å². The van der Waals surface area contributed by atoms with Gasteiger partial charge in [-0.25, -0.2) is 9.78 Å². The number of nitrogens with two attached hydrogens (primary N) is 1. The van der Waals surface area contributed by atoms with Gasteiger partial charge in [0.05, 0.1) is 18.9 Å². The van der Waals surface area contributed by atoms with Gasteiger partial charge in [0.15, 0.2) is 11.5 Å². The predicted octanol–water partition coefficient (Wildman–Crippen LogP) is 4.05. The lowest BCUT2D eigenvalue weighted by Crippen LogP contribution is -2.09. The van der Waals surface area contributed by atoms with E-state index in [0.717, 1.165) is 5.56 Å². The first kappa shape index (κ1) is 18.7. The number of thiazole rings is 1. The van der Waals surface area contributed by atoms with Crippen molar-refractivity contribution in [3.63, 3.8) is 0 Å². The van der Waals surface area contributed by atoms with Crippen molar-refractivity contribution < 1.29 is 14.3 Å². The highest BCUT2D eigenvalue weighted by Crippen LogP contribution is 2.28. The second-order valence-electron chi connectivity index (χ2n) is 5.25. The van der Waals surface area contributed by atoms with E-state index in [1.54, 1.807) is 54.1 Å². The maximum Gasteiger partial charge on any atom is 0.343 e. The van der Waals surface area contributed by atoms with E-state index in [9.17, 15) is 4.79 Å². The number of aromatic nitrogens is 1. The molecule has 0 amide bonds. The summed E-state index contributed by atoms with van der Waals surface area (Å²) in [6.07, 6.45) is 1.59. The van der Waals surface area contributed by atoms with Crippen LogP contribution in [0.25, 0.3) is 0 Å². The van der Waals surface area contributed by atoms with Gasteiger partial charge in [0.2, 0.25) is 5.13 Å². The van der Waals surface area contributed by atoms with Crippen molar-refractivity contribution in [1.29, 1.82) is 0 Å². The summed E-state index contributed by atoms with van der Waals surface area (Å²) >= 11 is 7.17. The Morgan fingerprint density at radius 3 is 2.70 bits per heavy atom. The van der Waals surface area contributed by atoms with Gasteiger partial charge in [-0.05, 0) is 48.0 Å². The lowest BCUT2D eigenvalue weighted by Gasteiger charge is -2.10.